The van der Waals surface area contributed by atoms with Crippen molar-refractivity contribution in [2.24, 2.45) is 0 Å². The van der Waals surface area contributed by atoms with Crippen LogP contribution in [0.5, 0.6) is 0 Å². The number of pyridine rings is 1. The highest BCUT2D eigenvalue weighted by atomic mass is 19.1. The van der Waals surface area contributed by atoms with Crippen molar-refractivity contribution in [3.05, 3.63) is 29.8 Å². The predicted octanol–water partition coefficient (Wildman–Crippen LogP) is 2.75. The SMILES string of the molecule is CCCN(CC1CCCN1)C(C)c1ccc(F)cn1. The van der Waals surface area contributed by atoms with Crippen LogP contribution in [-0.2, 0) is 0 Å². The first-order valence-electron chi connectivity index (χ1n) is 7.29. The van der Waals surface area contributed by atoms with E-state index in [1.165, 1.54) is 25.1 Å². The molecule has 0 saturated carbocycles. The molecule has 0 spiro atoms. The number of rotatable bonds is 6. The second-order valence-electron chi connectivity index (χ2n) is 5.37. The van der Waals surface area contributed by atoms with Gasteiger partial charge in [0, 0.05) is 18.6 Å². The highest BCUT2D eigenvalue weighted by molar-refractivity contribution is 5.09. The molecule has 3 nitrogen and oxygen atoms in total. The average Bonchev–Trinajstić information content (AvgIpc) is 2.91. The van der Waals surface area contributed by atoms with Crippen LogP contribution in [0.15, 0.2) is 18.3 Å². The molecule has 2 atom stereocenters. The Balaban J connectivity index is 2.01. The molecule has 1 aromatic heterocycles. The quantitative estimate of drug-likeness (QED) is 0.857. The topological polar surface area (TPSA) is 28.2 Å². The fraction of sp³-hybridized carbons (Fsp3) is 0.667. The van der Waals surface area contributed by atoms with Gasteiger partial charge in [-0.05, 0) is 51.4 Å². The van der Waals surface area contributed by atoms with E-state index in [-0.39, 0.29) is 11.9 Å². The summed E-state index contributed by atoms with van der Waals surface area (Å²) in [6, 6.07) is 4.12. The Bertz CT molecular complexity index is 373. The number of nitrogens with zero attached hydrogens (tertiary/aromatic N) is 2. The van der Waals surface area contributed by atoms with Crippen LogP contribution in [0.4, 0.5) is 4.39 Å². The molecule has 0 amide bonds. The van der Waals surface area contributed by atoms with Crippen molar-refractivity contribution in [3.63, 3.8) is 0 Å². The summed E-state index contributed by atoms with van der Waals surface area (Å²) < 4.78 is 12.9. The van der Waals surface area contributed by atoms with Crippen molar-refractivity contribution in [2.75, 3.05) is 19.6 Å². The Morgan fingerprint density at radius 2 is 2.37 bits per heavy atom. The smallest absolute Gasteiger partial charge is 0.141 e. The molecule has 19 heavy (non-hydrogen) atoms. The first kappa shape index (κ1) is 14.4. The Hall–Kier alpha value is -1.00. The molecule has 1 fully saturated rings. The maximum atomic E-state index is 12.9. The minimum Gasteiger partial charge on any atom is -0.313 e. The van der Waals surface area contributed by atoms with Gasteiger partial charge in [-0.1, -0.05) is 6.92 Å². The molecule has 0 bridgehead atoms. The lowest BCUT2D eigenvalue weighted by Crippen LogP contribution is -2.39. The fourth-order valence-electron chi connectivity index (χ4n) is 2.75. The van der Waals surface area contributed by atoms with Crippen LogP contribution in [0.3, 0.4) is 0 Å². The van der Waals surface area contributed by atoms with Gasteiger partial charge in [-0.2, -0.15) is 0 Å². The summed E-state index contributed by atoms with van der Waals surface area (Å²) in [4.78, 5) is 6.67. The Kier molecular flexibility index (Phi) is 5.28. The lowest BCUT2D eigenvalue weighted by molar-refractivity contribution is 0.189. The monoisotopic (exact) mass is 265 g/mol. The summed E-state index contributed by atoms with van der Waals surface area (Å²) in [7, 11) is 0. The number of halogens is 1. The van der Waals surface area contributed by atoms with Gasteiger partial charge in [0.1, 0.15) is 5.82 Å². The standard InChI is InChI=1S/C15H24FN3/c1-3-9-19(11-14-5-4-8-17-14)12(2)15-7-6-13(16)10-18-15/h6-7,10,12,14,17H,3-5,8-9,11H2,1-2H3. The maximum absolute atomic E-state index is 12.9. The Labute approximate surface area is 115 Å². The van der Waals surface area contributed by atoms with Crippen LogP contribution >= 0.6 is 0 Å². The van der Waals surface area contributed by atoms with E-state index in [2.05, 4.69) is 29.0 Å². The van der Waals surface area contributed by atoms with Crippen LogP contribution in [-0.4, -0.2) is 35.6 Å². The number of hydrogen-bond acceptors (Lipinski definition) is 3. The summed E-state index contributed by atoms with van der Waals surface area (Å²) in [6.45, 7) is 7.59. The first-order valence-corrected chi connectivity index (χ1v) is 7.29. The lowest BCUT2D eigenvalue weighted by Gasteiger charge is -2.30. The van der Waals surface area contributed by atoms with Crippen molar-refractivity contribution in [1.82, 2.24) is 15.2 Å². The van der Waals surface area contributed by atoms with Gasteiger partial charge in [-0.25, -0.2) is 4.39 Å². The summed E-state index contributed by atoms with van der Waals surface area (Å²) in [6.07, 6.45) is 4.96. The fourth-order valence-corrected chi connectivity index (χ4v) is 2.75. The van der Waals surface area contributed by atoms with E-state index in [0.717, 1.165) is 31.7 Å². The van der Waals surface area contributed by atoms with Crippen LogP contribution in [0.2, 0.25) is 0 Å². The Morgan fingerprint density at radius 1 is 1.53 bits per heavy atom. The highest BCUT2D eigenvalue weighted by Crippen LogP contribution is 2.20. The number of aromatic nitrogens is 1. The zero-order valence-electron chi connectivity index (χ0n) is 11.9. The van der Waals surface area contributed by atoms with Crippen LogP contribution < -0.4 is 5.32 Å². The summed E-state index contributed by atoms with van der Waals surface area (Å²) in [5.74, 6) is -0.268. The van der Waals surface area contributed by atoms with Gasteiger partial charge in [-0.15, -0.1) is 0 Å². The highest BCUT2D eigenvalue weighted by Gasteiger charge is 2.22. The summed E-state index contributed by atoms with van der Waals surface area (Å²) >= 11 is 0. The van der Waals surface area contributed by atoms with Crippen molar-refractivity contribution in [3.8, 4) is 0 Å². The van der Waals surface area contributed by atoms with Crippen molar-refractivity contribution in [2.45, 2.75) is 45.2 Å². The van der Waals surface area contributed by atoms with Gasteiger partial charge in [0.25, 0.3) is 0 Å². The van der Waals surface area contributed by atoms with Gasteiger partial charge in [0.15, 0.2) is 0 Å². The molecular formula is C15H24FN3. The summed E-state index contributed by atoms with van der Waals surface area (Å²) in [5, 5.41) is 3.54. The average molecular weight is 265 g/mol. The molecule has 0 aromatic carbocycles. The van der Waals surface area contributed by atoms with E-state index < -0.39 is 0 Å². The molecule has 4 heteroatoms. The van der Waals surface area contributed by atoms with Crippen molar-refractivity contribution < 1.29 is 4.39 Å². The van der Waals surface area contributed by atoms with E-state index in [1.54, 1.807) is 6.07 Å². The van der Waals surface area contributed by atoms with Crippen LogP contribution in [0.1, 0.15) is 44.8 Å². The second-order valence-corrected chi connectivity index (χ2v) is 5.37. The molecular weight excluding hydrogens is 241 g/mol. The molecule has 2 unspecified atom stereocenters. The number of nitrogens with one attached hydrogen (secondary N) is 1. The third-order valence-electron chi connectivity index (χ3n) is 3.85. The third-order valence-corrected chi connectivity index (χ3v) is 3.85. The van der Waals surface area contributed by atoms with Gasteiger partial charge < -0.3 is 5.32 Å². The summed E-state index contributed by atoms with van der Waals surface area (Å²) in [5.41, 5.74) is 0.952. The number of hydrogen-bond donors (Lipinski definition) is 1. The van der Waals surface area contributed by atoms with Gasteiger partial charge in [-0.3, -0.25) is 9.88 Å². The second kappa shape index (κ2) is 6.96. The normalized spacial score (nSPS) is 20.9. The van der Waals surface area contributed by atoms with Crippen molar-refractivity contribution in [1.29, 1.82) is 0 Å². The van der Waals surface area contributed by atoms with Gasteiger partial charge in [0.2, 0.25) is 0 Å². The molecule has 1 aromatic rings. The first-order chi connectivity index (χ1) is 9.20. The minimum absolute atomic E-state index is 0.239. The third kappa shape index (κ3) is 3.98. The molecule has 1 N–H and O–H groups in total. The molecule has 0 aliphatic carbocycles. The van der Waals surface area contributed by atoms with E-state index in [4.69, 9.17) is 0 Å². The molecule has 0 radical (unpaired) electrons. The van der Waals surface area contributed by atoms with Crippen LogP contribution in [0.25, 0.3) is 0 Å². The van der Waals surface area contributed by atoms with E-state index in [1.807, 2.05) is 0 Å². The largest absolute Gasteiger partial charge is 0.313 e. The van der Waals surface area contributed by atoms with E-state index >= 15 is 0 Å². The molecule has 1 aliphatic rings. The molecule has 1 saturated heterocycles. The zero-order valence-corrected chi connectivity index (χ0v) is 11.9. The van der Waals surface area contributed by atoms with Gasteiger partial charge >= 0.3 is 0 Å². The van der Waals surface area contributed by atoms with Crippen LogP contribution in [0, 0.1) is 5.82 Å². The minimum atomic E-state index is -0.268. The zero-order chi connectivity index (χ0) is 13.7. The molecule has 2 heterocycles. The molecule has 2 rings (SSSR count). The predicted molar refractivity (Wildman–Crippen MR) is 75.5 cm³/mol. The van der Waals surface area contributed by atoms with Gasteiger partial charge in [0.05, 0.1) is 11.9 Å². The van der Waals surface area contributed by atoms with Crippen molar-refractivity contribution >= 4 is 0 Å². The maximum Gasteiger partial charge on any atom is 0.141 e. The Morgan fingerprint density at radius 3 is 2.95 bits per heavy atom. The molecule has 106 valence electrons. The molecule has 1 aliphatic heterocycles. The van der Waals surface area contributed by atoms with E-state index in [0.29, 0.717) is 6.04 Å². The lowest BCUT2D eigenvalue weighted by atomic mass is 10.1. The van der Waals surface area contributed by atoms with E-state index in [9.17, 15) is 4.39 Å².